The van der Waals surface area contributed by atoms with Crippen molar-refractivity contribution in [3.63, 3.8) is 0 Å². The molecule has 1 heterocycles. The molecule has 0 saturated carbocycles. The van der Waals surface area contributed by atoms with Gasteiger partial charge in [0.2, 0.25) is 5.54 Å². The van der Waals surface area contributed by atoms with E-state index in [1.54, 1.807) is 0 Å². The van der Waals surface area contributed by atoms with E-state index in [-0.39, 0.29) is 17.0 Å². The number of hydrazone groups is 1. The van der Waals surface area contributed by atoms with Crippen LogP contribution in [0.5, 0.6) is 0 Å². The lowest BCUT2D eigenvalue weighted by Gasteiger charge is -2.26. The van der Waals surface area contributed by atoms with E-state index in [1.807, 2.05) is 5.48 Å². The van der Waals surface area contributed by atoms with Crippen molar-refractivity contribution in [3.8, 4) is 0 Å². The van der Waals surface area contributed by atoms with Gasteiger partial charge in [-0.25, -0.2) is 5.01 Å². The van der Waals surface area contributed by atoms with Crippen molar-refractivity contribution in [2.75, 3.05) is 14.2 Å². The second-order valence-electron chi connectivity index (χ2n) is 5.07. The number of hydrogen-bond acceptors (Lipinski definition) is 6. The zero-order chi connectivity index (χ0) is 18.1. The standard InChI is InChI=1S/C14H15F3N4O3/c1-8(19-24-3)13(20-23)11(18-21(2)12(13)22)9-4-6-10(7-5-9)14(15,16)17/h4-7,20,23H,1-3H3. The van der Waals surface area contributed by atoms with Crippen LogP contribution in [0.4, 0.5) is 13.2 Å². The van der Waals surface area contributed by atoms with Gasteiger partial charge in [-0.05, 0) is 19.1 Å². The Morgan fingerprint density at radius 2 is 1.96 bits per heavy atom. The van der Waals surface area contributed by atoms with E-state index in [2.05, 4.69) is 15.1 Å². The average Bonchev–Trinajstić information content (AvgIpc) is 2.79. The molecule has 0 aromatic heterocycles. The first-order valence-electron chi connectivity index (χ1n) is 6.72. The number of alkyl halides is 3. The summed E-state index contributed by atoms with van der Waals surface area (Å²) in [6.45, 7) is 1.42. The molecule has 1 amide bonds. The molecule has 1 aromatic rings. The summed E-state index contributed by atoms with van der Waals surface area (Å²) in [5.74, 6) is -0.654. The molecule has 7 nitrogen and oxygen atoms in total. The van der Waals surface area contributed by atoms with Gasteiger partial charge in [-0.2, -0.15) is 23.8 Å². The lowest BCUT2D eigenvalue weighted by Crippen LogP contribution is -2.61. The summed E-state index contributed by atoms with van der Waals surface area (Å²) in [7, 11) is 2.61. The van der Waals surface area contributed by atoms with Gasteiger partial charge < -0.3 is 10.0 Å². The zero-order valence-electron chi connectivity index (χ0n) is 13.0. The Morgan fingerprint density at radius 1 is 1.38 bits per heavy atom. The van der Waals surface area contributed by atoms with Crippen molar-refractivity contribution in [1.82, 2.24) is 10.5 Å². The molecular formula is C14H15F3N4O3. The Bertz CT molecular complexity index is 700. The van der Waals surface area contributed by atoms with Crippen LogP contribution in [-0.2, 0) is 15.8 Å². The summed E-state index contributed by atoms with van der Waals surface area (Å²) in [4.78, 5) is 17.1. The molecule has 1 aromatic carbocycles. The lowest BCUT2D eigenvalue weighted by molar-refractivity contribution is -0.137. The van der Waals surface area contributed by atoms with E-state index in [0.717, 1.165) is 17.1 Å². The quantitative estimate of drug-likeness (QED) is 0.642. The third-order valence-electron chi connectivity index (χ3n) is 3.64. The first-order chi connectivity index (χ1) is 11.2. The van der Waals surface area contributed by atoms with E-state index in [1.165, 1.54) is 33.2 Å². The topological polar surface area (TPSA) is 86.5 Å². The number of likely N-dealkylation sites (N-methyl/N-ethyl adjacent to an activating group) is 1. The Labute approximate surface area is 135 Å². The second-order valence-corrected chi connectivity index (χ2v) is 5.07. The molecule has 24 heavy (non-hydrogen) atoms. The molecule has 0 aliphatic carbocycles. The number of rotatable bonds is 4. The Balaban J connectivity index is 2.56. The normalized spacial score (nSPS) is 22.0. The number of halogens is 3. The van der Waals surface area contributed by atoms with Gasteiger partial charge in [-0.1, -0.05) is 17.3 Å². The molecule has 1 aliphatic rings. The molecule has 2 rings (SSSR count). The Hall–Kier alpha value is -2.46. The molecular weight excluding hydrogens is 329 g/mol. The summed E-state index contributed by atoms with van der Waals surface area (Å²) in [6.07, 6.45) is -4.48. The smallest absolute Gasteiger partial charge is 0.399 e. The molecule has 0 spiro atoms. The molecule has 130 valence electrons. The van der Waals surface area contributed by atoms with Gasteiger partial charge in [0.25, 0.3) is 5.91 Å². The van der Waals surface area contributed by atoms with Gasteiger partial charge in [0.05, 0.1) is 11.3 Å². The van der Waals surface area contributed by atoms with Gasteiger partial charge in [-0.15, -0.1) is 0 Å². The molecule has 1 atom stereocenters. The van der Waals surface area contributed by atoms with Crippen LogP contribution in [0.1, 0.15) is 18.1 Å². The minimum Gasteiger partial charge on any atom is -0.399 e. The highest BCUT2D eigenvalue weighted by Gasteiger charge is 2.54. The molecule has 0 radical (unpaired) electrons. The van der Waals surface area contributed by atoms with E-state index >= 15 is 0 Å². The van der Waals surface area contributed by atoms with Crippen LogP contribution < -0.4 is 5.48 Å². The van der Waals surface area contributed by atoms with Crippen molar-refractivity contribution in [3.05, 3.63) is 35.4 Å². The second kappa shape index (κ2) is 6.21. The van der Waals surface area contributed by atoms with E-state index in [0.29, 0.717) is 0 Å². The van der Waals surface area contributed by atoms with Crippen molar-refractivity contribution < 1.29 is 28.0 Å². The predicted octanol–water partition coefficient (Wildman–Crippen LogP) is 1.62. The minimum absolute atomic E-state index is 0.00419. The van der Waals surface area contributed by atoms with Crippen molar-refractivity contribution in [2.24, 2.45) is 10.3 Å². The van der Waals surface area contributed by atoms with E-state index < -0.39 is 23.2 Å². The molecule has 10 heteroatoms. The summed E-state index contributed by atoms with van der Waals surface area (Å²) in [5, 5.41) is 18.3. The fraction of sp³-hybridized carbons (Fsp3) is 0.357. The SMILES string of the molecule is CON=C(C)C1(NO)C(=O)N(C)N=C1c1ccc(C(F)(F)F)cc1. The van der Waals surface area contributed by atoms with Gasteiger partial charge in [0.15, 0.2) is 0 Å². The van der Waals surface area contributed by atoms with Gasteiger partial charge in [0.1, 0.15) is 12.8 Å². The maximum Gasteiger partial charge on any atom is 0.416 e. The maximum atomic E-state index is 12.7. The maximum absolute atomic E-state index is 12.7. The van der Waals surface area contributed by atoms with E-state index in [4.69, 9.17) is 0 Å². The fourth-order valence-electron chi connectivity index (χ4n) is 2.42. The third kappa shape index (κ3) is 2.74. The Kier molecular flexibility index (Phi) is 4.63. The number of amides is 1. The summed E-state index contributed by atoms with van der Waals surface area (Å²) >= 11 is 0. The number of oxime groups is 1. The van der Waals surface area contributed by atoms with Crippen LogP contribution in [0, 0.1) is 0 Å². The molecule has 1 unspecified atom stereocenters. The summed E-state index contributed by atoms with van der Waals surface area (Å²) in [6, 6.07) is 4.07. The van der Waals surface area contributed by atoms with Crippen LogP contribution in [0.15, 0.2) is 34.5 Å². The largest absolute Gasteiger partial charge is 0.416 e. The zero-order valence-corrected chi connectivity index (χ0v) is 13.0. The van der Waals surface area contributed by atoms with Crippen LogP contribution in [0.3, 0.4) is 0 Å². The first-order valence-corrected chi connectivity index (χ1v) is 6.72. The number of carbonyl (C=O) groups is 1. The van der Waals surface area contributed by atoms with E-state index in [9.17, 15) is 23.2 Å². The minimum atomic E-state index is -4.48. The number of benzene rings is 1. The molecule has 0 saturated heterocycles. The lowest BCUT2D eigenvalue weighted by atomic mass is 9.85. The van der Waals surface area contributed by atoms with Crippen molar-refractivity contribution in [2.45, 2.75) is 18.6 Å². The predicted molar refractivity (Wildman–Crippen MR) is 78.5 cm³/mol. The number of hydroxylamine groups is 1. The number of hydrogen-bond donors (Lipinski definition) is 2. The summed E-state index contributed by atoms with van der Waals surface area (Å²) < 4.78 is 38.1. The van der Waals surface area contributed by atoms with Gasteiger partial charge >= 0.3 is 6.18 Å². The average molecular weight is 344 g/mol. The Morgan fingerprint density at radius 3 is 2.42 bits per heavy atom. The molecule has 0 bridgehead atoms. The fourth-order valence-corrected chi connectivity index (χ4v) is 2.42. The first kappa shape index (κ1) is 17.9. The highest BCUT2D eigenvalue weighted by atomic mass is 19.4. The van der Waals surface area contributed by atoms with Crippen LogP contribution in [0.2, 0.25) is 0 Å². The molecule has 0 fully saturated rings. The van der Waals surface area contributed by atoms with Gasteiger partial charge in [0, 0.05) is 12.6 Å². The van der Waals surface area contributed by atoms with Crippen LogP contribution >= 0.6 is 0 Å². The van der Waals surface area contributed by atoms with Crippen LogP contribution in [0.25, 0.3) is 0 Å². The number of carbonyl (C=O) groups excluding carboxylic acids is 1. The van der Waals surface area contributed by atoms with Gasteiger partial charge in [-0.3, -0.25) is 4.79 Å². The van der Waals surface area contributed by atoms with Crippen LogP contribution in [-0.4, -0.2) is 47.2 Å². The molecule has 2 N–H and O–H groups in total. The monoisotopic (exact) mass is 344 g/mol. The highest BCUT2D eigenvalue weighted by molar-refractivity contribution is 6.37. The third-order valence-corrected chi connectivity index (χ3v) is 3.64. The van der Waals surface area contributed by atoms with Crippen molar-refractivity contribution >= 4 is 17.3 Å². The number of nitrogens with one attached hydrogen (secondary N) is 1. The number of nitrogens with zero attached hydrogens (tertiary/aromatic N) is 3. The highest BCUT2D eigenvalue weighted by Crippen LogP contribution is 2.31. The van der Waals surface area contributed by atoms with Crippen molar-refractivity contribution in [1.29, 1.82) is 0 Å². The molecule has 1 aliphatic heterocycles. The summed E-state index contributed by atoms with van der Waals surface area (Å²) in [5.41, 5.74) is -0.539.